The van der Waals surface area contributed by atoms with Crippen LogP contribution in [0.3, 0.4) is 0 Å². The summed E-state index contributed by atoms with van der Waals surface area (Å²) in [5.74, 6) is -0.559. The summed E-state index contributed by atoms with van der Waals surface area (Å²) in [5.41, 5.74) is 0.00232. The maximum absolute atomic E-state index is 12.0. The largest absolute Gasteiger partial charge is 0.351 e. The molecule has 2 atom stereocenters. The van der Waals surface area contributed by atoms with Gasteiger partial charge in [0.15, 0.2) is 0 Å². The van der Waals surface area contributed by atoms with Gasteiger partial charge in [0, 0.05) is 34.4 Å². The number of benzene rings is 1. The number of halogens is 2. The van der Waals surface area contributed by atoms with Gasteiger partial charge in [-0.1, -0.05) is 23.2 Å². The highest BCUT2D eigenvalue weighted by Crippen LogP contribution is 2.30. The third kappa shape index (κ3) is 4.93. The Morgan fingerprint density at radius 1 is 1.43 bits per heavy atom. The van der Waals surface area contributed by atoms with Crippen LogP contribution in [0.4, 0.5) is 0 Å². The number of carbonyl (C=O) groups is 1. The monoisotopic (exact) mass is 372 g/mol. The number of nitrogens with one attached hydrogen (secondary N) is 1. The molecule has 118 valence electrons. The first kappa shape index (κ1) is 18.4. The van der Waals surface area contributed by atoms with Crippen LogP contribution in [0.5, 0.6) is 0 Å². The molecule has 0 radical (unpaired) electrons. The molecule has 1 rings (SSSR count). The molecule has 0 saturated carbocycles. The molecule has 1 aromatic carbocycles. The summed E-state index contributed by atoms with van der Waals surface area (Å²) in [7, 11) is -5.19. The number of hydrogen-bond acceptors (Lipinski definition) is 4. The van der Waals surface area contributed by atoms with Gasteiger partial charge in [0.05, 0.1) is 10.0 Å². The molecule has 0 heterocycles. The van der Waals surface area contributed by atoms with Crippen LogP contribution < -0.4 is 10.5 Å². The van der Waals surface area contributed by atoms with Gasteiger partial charge >= 0.3 is 0 Å². The van der Waals surface area contributed by atoms with Crippen LogP contribution in [0, 0.1) is 0 Å². The first-order valence-electron chi connectivity index (χ1n) is 5.66. The summed E-state index contributed by atoms with van der Waals surface area (Å²) >= 11 is 11.6. The number of primary sulfonamides is 1. The van der Waals surface area contributed by atoms with E-state index in [-0.39, 0.29) is 27.4 Å². The molecule has 0 saturated heterocycles. The average molecular weight is 373 g/mol. The Bertz CT molecular complexity index is 692. The minimum atomic E-state index is -4.10. The lowest BCUT2D eigenvalue weighted by molar-refractivity contribution is 0.0954. The first-order valence-corrected chi connectivity index (χ1v) is 9.58. The van der Waals surface area contributed by atoms with Gasteiger partial charge in [0.1, 0.15) is 4.90 Å². The van der Waals surface area contributed by atoms with Crippen molar-refractivity contribution >= 4 is 49.9 Å². The fourth-order valence-electron chi connectivity index (χ4n) is 1.36. The number of hydrogen-bond donors (Lipinski definition) is 2. The zero-order valence-electron chi connectivity index (χ0n) is 11.2. The second-order valence-electron chi connectivity index (χ2n) is 4.33. The van der Waals surface area contributed by atoms with Crippen molar-refractivity contribution in [2.75, 3.05) is 12.8 Å². The number of sulfonamides is 1. The van der Waals surface area contributed by atoms with Crippen molar-refractivity contribution in [3.05, 3.63) is 27.7 Å². The number of rotatable bonds is 5. The molecule has 2 unspecified atom stereocenters. The third-order valence-electron chi connectivity index (χ3n) is 2.68. The van der Waals surface area contributed by atoms with Crippen molar-refractivity contribution in [1.82, 2.24) is 5.32 Å². The van der Waals surface area contributed by atoms with Gasteiger partial charge in [-0.3, -0.25) is 9.00 Å². The maximum atomic E-state index is 12.0. The Labute approximate surface area is 135 Å². The van der Waals surface area contributed by atoms with Crippen molar-refractivity contribution in [3.8, 4) is 0 Å². The molecule has 3 N–H and O–H groups in total. The molecule has 1 amide bonds. The molecule has 0 fully saturated rings. The minimum absolute atomic E-state index is 0.00232. The van der Waals surface area contributed by atoms with Crippen LogP contribution in [-0.4, -0.2) is 36.6 Å². The summed E-state index contributed by atoms with van der Waals surface area (Å²) in [6, 6.07) is 2.29. The zero-order valence-corrected chi connectivity index (χ0v) is 14.4. The molecule has 1 aromatic rings. The fraction of sp³-hybridized carbons (Fsp3) is 0.364. The van der Waals surface area contributed by atoms with Gasteiger partial charge in [-0.2, -0.15) is 0 Å². The number of carbonyl (C=O) groups excluding carboxylic acids is 1. The van der Waals surface area contributed by atoms with Crippen molar-refractivity contribution in [2.45, 2.75) is 17.1 Å². The van der Waals surface area contributed by atoms with Gasteiger partial charge < -0.3 is 5.32 Å². The predicted molar refractivity (Wildman–Crippen MR) is 83.7 cm³/mol. The van der Waals surface area contributed by atoms with E-state index in [1.165, 1.54) is 12.3 Å². The molecular weight excluding hydrogens is 359 g/mol. The topological polar surface area (TPSA) is 106 Å². The standard InChI is InChI=1S/C11H14Cl2N2O4S2/c1-6(20(2)17)5-15-11(16)7-3-8(12)10(13)9(4-7)21(14,18)19/h3-4,6H,5H2,1-2H3,(H,15,16)(H2,14,18,19). The minimum Gasteiger partial charge on any atom is -0.351 e. The van der Waals surface area contributed by atoms with E-state index in [2.05, 4.69) is 5.32 Å². The van der Waals surface area contributed by atoms with E-state index in [9.17, 15) is 17.4 Å². The third-order valence-corrected chi connectivity index (χ3v) is 5.83. The maximum Gasteiger partial charge on any atom is 0.251 e. The quantitative estimate of drug-likeness (QED) is 0.807. The normalized spacial score (nSPS) is 14.5. The van der Waals surface area contributed by atoms with Crippen molar-refractivity contribution < 1.29 is 17.4 Å². The Hall–Kier alpha value is -0.670. The highest BCUT2D eigenvalue weighted by molar-refractivity contribution is 7.89. The van der Waals surface area contributed by atoms with Crippen LogP contribution in [0.2, 0.25) is 10.0 Å². The van der Waals surface area contributed by atoms with Gasteiger partial charge in [-0.15, -0.1) is 0 Å². The number of nitrogens with two attached hydrogens (primary N) is 1. The van der Waals surface area contributed by atoms with E-state index in [1.807, 2.05) is 0 Å². The second-order valence-corrected chi connectivity index (χ2v) is 8.45. The summed E-state index contributed by atoms with van der Waals surface area (Å²) in [6.45, 7) is 1.88. The van der Waals surface area contributed by atoms with Gasteiger partial charge in [0.2, 0.25) is 10.0 Å². The van der Waals surface area contributed by atoms with E-state index in [4.69, 9.17) is 28.3 Å². The molecule has 0 spiro atoms. The molecular formula is C11H14Cl2N2O4S2. The molecule has 6 nitrogen and oxygen atoms in total. The fourth-order valence-corrected chi connectivity index (χ4v) is 3.03. The lowest BCUT2D eigenvalue weighted by atomic mass is 10.2. The molecule has 21 heavy (non-hydrogen) atoms. The first-order chi connectivity index (χ1) is 9.54. The Morgan fingerprint density at radius 3 is 2.48 bits per heavy atom. The smallest absolute Gasteiger partial charge is 0.251 e. The SMILES string of the molecule is CC(CNC(=O)c1cc(Cl)c(Cl)c(S(N)(=O)=O)c1)S(C)=O. The lowest BCUT2D eigenvalue weighted by Gasteiger charge is -2.11. The molecule has 0 bridgehead atoms. The summed E-state index contributed by atoms with van der Waals surface area (Å²) in [6.07, 6.45) is 1.52. The highest BCUT2D eigenvalue weighted by atomic mass is 35.5. The van der Waals surface area contributed by atoms with Gasteiger partial charge in [-0.05, 0) is 19.1 Å². The summed E-state index contributed by atoms with van der Waals surface area (Å²) in [5, 5.41) is 6.98. The van der Waals surface area contributed by atoms with Crippen LogP contribution >= 0.6 is 23.2 Å². The molecule has 0 aromatic heterocycles. The van der Waals surface area contributed by atoms with E-state index in [0.29, 0.717) is 0 Å². The summed E-state index contributed by atoms with van der Waals surface area (Å²) in [4.78, 5) is 11.5. The molecule has 0 aliphatic heterocycles. The Kier molecular flexibility index (Phi) is 6.18. The highest BCUT2D eigenvalue weighted by Gasteiger charge is 2.20. The van der Waals surface area contributed by atoms with E-state index < -0.39 is 31.6 Å². The van der Waals surface area contributed by atoms with E-state index >= 15 is 0 Å². The van der Waals surface area contributed by atoms with Gasteiger partial charge in [-0.25, -0.2) is 13.6 Å². The van der Waals surface area contributed by atoms with Crippen molar-refractivity contribution in [3.63, 3.8) is 0 Å². The zero-order chi connectivity index (χ0) is 16.4. The molecule has 0 aliphatic rings. The van der Waals surface area contributed by atoms with Crippen LogP contribution in [0.15, 0.2) is 17.0 Å². The van der Waals surface area contributed by atoms with E-state index in [1.54, 1.807) is 6.92 Å². The van der Waals surface area contributed by atoms with E-state index in [0.717, 1.165) is 6.07 Å². The predicted octanol–water partition coefficient (Wildman–Crippen LogP) is 1.14. The van der Waals surface area contributed by atoms with Crippen molar-refractivity contribution in [1.29, 1.82) is 0 Å². The Balaban J connectivity index is 3.07. The lowest BCUT2D eigenvalue weighted by Crippen LogP contribution is -2.32. The molecule has 0 aliphatic carbocycles. The number of amides is 1. The van der Waals surface area contributed by atoms with Crippen LogP contribution in [-0.2, 0) is 20.8 Å². The average Bonchev–Trinajstić information content (AvgIpc) is 2.36. The molecule has 10 heteroatoms. The second kappa shape index (κ2) is 7.06. The Morgan fingerprint density at radius 2 is 2.00 bits per heavy atom. The van der Waals surface area contributed by atoms with Crippen molar-refractivity contribution in [2.24, 2.45) is 5.14 Å². The summed E-state index contributed by atoms with van der Waals surface area (Å²) < 4.78 is 34.0. The van der Waals surface area contributed by atoms with Crippen LogP contribution in [0.25, 0.3) is 0 Å². The van der Waals surface area contributed by atoms with Crippen LogP contribution in [0.1, 0.15) is 17.3 Å². The van der Waals surface area contributed by atoms with Gasteiger partial charge in [0.25, 0.3) is 5.91 Å².